The van der Waals surface area contributed by atoms with Crippen LogP contribution in [-0.4, -0.2) is 28.5 Å². The largest absolute Gasteiger partial charge is 0.478 e. The molecule has 0 aliphatic heterocycles. The number of nitrogens with one attached hydrogen (secondary N) is 1. The number of hydrogen-bond acceptors (Lipinski definition) is 4. The van der Waals surface area contributed by atoms with Gasteiger partial charge in [-0.25, -0.2) is 4.98 Å². The van der Waals surface area contributed by atoms with Crippen molar-refractivity contribution in [2.75, 3.05) is 17.8 Å². The van der Waals surface area contributed by atoms with Crippen LogP contribution in [0.3, 0.4) is 0 Å². The molecule has 1 aromatic heterocycles. The minimum atomic E-state index is 0.188. The fraction of sp³-hybridized carbons (Fsp3) is 0.692. The van der Waals surface area contributed by atoms with Crippen molar-refractivity contribution in [1.29, 1.82) is 0 Å². The third kappa shape index (κ3) is 5.54. The highest BCUT2D eigenvalue weighted by molar-refractivity contribution is 6.18. The Kier molecular flexibility index (Phi) is 6.80. The van der Waals surface area contributed by atoms with Crippen molar-refractivity contribution in [3.8, 4) is 5.88 Å². The lowest BCUT2D eigenvalue weighted by Crippen LogP contribution is -2.24. The second-order valence-corrected chi connectivity index (χ2v) is 5.00. The molecule has 0 aliphatic rings. The number of anilines is 1. The first-order valence-electron chi connectivity index (χ1n) is 6.44. The van der Waals surface area contributed by atoms with E-state index in [0.29, 0.717) is 30.2 Å². The molecule has 0 fully saturated rings. The maximum Gasteiger partial charge on any atom is 0.226 e. The van der Waals surface area contributed by atoms with Crippen LogP contribution < -0.4 is 10.1 Å². The number of rotatable bonds is 8. The summed E-state index contributed by atoms with van der Waals surface area (Å²) < 4.78 is 5.47. The van der Waals surface area contributed by atoms with E-state index >= 15 is 0 Å². The molecule has 0 aliphatic carbocycles. The zero-order valence-corrected chi connectivity index (χ0v) is 12.1. The van der Waals surface area contributed by atoms with Gasteiger partial charge in [-0.05, 0) is 18.8 Å². The molecule has 1 N–H and O–H groups in total. The van der Waals surface area contributed by atoms with Crippen molar-refractivity contribution in [2.45, 2.75) is 39.7 Å². The Bertz CT molecular complexity index is 347. The Morgan fingerprint density at radius 1 is 1.44 bits per heavy atom. The van der Waals surface area contributed by atoms with Crippen LogP contribution in [0.4, 0.5) is 5.95 Å². The van der Waals surface area contributed by atoms with Crippen LogP contribution in [0.1, 0.15) is 33.6 Å². The van der Waals surface area contributed by atoms with Crippen LogP contribution in [0.25, 0.3) is 0 Å². The van der Waals surface area contributed by atoms with Crippen LogP contribution in [0.2, 0.25) is 0 Å². The van der Waals surface area contributed by atoms with Crippen LogP contribution >= 0.6 is 11.6 Å². The van der Waals surface area contributed by atoms with E-state index < -0.39 is 0 Å². The molecule has 18 heavy (non-hydrogen) atoms. The third-order valence-corrected chi connectivity index (χ3v) is 2.73. The highest BCUT2D eigenvalue weighted by atomic mass is 35.5. The Hall–Kier alpha value is -1.03. The monoisotopic (exact) mass is 271 g/mol. The average Bonchev–Trinajstić information content (AvgIpc) is 2.35. The zero-order chi connectivity index (χ0) is 13.4. The van der Waals surface area contributed by atoms with Gasteiger partial charge in [-0.1, -0.05) is 20.8 Å². The number of halogens is 1. The van der Waals surface area contributed by atoms with Crippen molar-refractivity contribution in [2.24, 2.45) is 5.92 Å². The van der Waals surface area contributed by atoms with E-state index in [1.54, 1.807) is 12.3 Å². The molecular weight excluding hydrogens is 250 g/mol. The smallest absolute Gasteiger partial charge is 0.226 e. The lowest BCUT2D eigenvalue weighted by molar-refractivity contribution is 0.305. The summed E-state index contributed by atoms with van der Waals surface area (Å²) in [5.41, 5.74) is 0. The summed E-state index contributed by atoms with van der Waals surface area (Å²) in [7, 11) is 0. The molecule has 1 unspecified atom stereocenters. The summed E-state index contributed by atoms with van der Waals surface area (Å²) in [4.78, 5) is 8.48. The fourth-order valence-electron chi connectivity index (χ4n) is 1.61. The molecule has 0 saturated carbocycles. The highest BCUT2D eigenvalue weighted by Gasteiger charge is 2.11. The van der Waals surface area contributed by atoms with E-state index in [4.69, 9.17) is 16.3 Å². The summed E-state index contributed by atoms with van der Waals surface area (Å²) in [6.07, 6.45) is 3.65. The molecule has 0 amide bonds. The van der Waals surface area contributed by atoms with Gasteiger partial charge in [0.05, 0.1) is 6.61 Å². The molecule has 4 nitrogen and oxygen atoms in total. The molecule has 0 radical (unpaired) electrons. The predicted octanol–water partition coefficient (Wildman–Crippen LogP) is 3.33. The molecule has 0 saturated heterocycles. The zero-order valence-electron chi connectivity index (χ0n) is 11.3. The van der Waals surface area contributed by atoms with Crippen LogP contribution in [-0.2, 0) is 0 Å². The first-order valence-corrected chi connectivity index (χ1v) is 6.97. The van der Waals surface area contributed by atoms with E-state index in [1.807, 2.05) is 0 Å². The molecule has 0 bridgehead atoms. The number of nitrogens with zero attached hydrogens (tertiary/aromatic N) is 2. The normalized spacial score (nSPS) is 12.5. The molecule has 0 spiro atoms. The second-order valence-electron chi connectivity index (χ2n) is 4.69. The van der Waals surface area contributed by atoms with E-state index in [0.717, 1.165) is 12.8 Å². The molecular formula is C13H22ClN3O. The van der Waals surface area contributed by atoms with Gasteiger partial charge in [0.2, 0.25) is 11.8 Å². The second kappa shape index (κ2) is 8.14. The van der Waals surface area contributed by atoms with E-state index in [1.165, 1.54) is 0 Å². The molecule has 1 aromatic rings. The molecule has 5 heteroatoms. The summed E-state index contributed by atoms with van der Waals surface area (Å²) in [5, 5.41) is 3.24. The topological polar surface area (TPSA) is 47.0 Å². The maximum atomic E-state index is 5.94. The highest BCUT2D eigenvalue weighted by Crippen LogP contribution is 2.13. The summed E-state index contributed by atoms with van der Waals surface area (Å²) >= 11 is 5.94. The lowest BCUT2D eigenvalue weighted by atomic mass is 10.1. The number of alkyl halides is 1. The van der Waals surface area contributed by atoms with Crippen LogP contribution in [0.5, 0.6) is 5.88 Å². The Labute approximate surface area is 114 Å². The minimum Gasteiger partial charge on any atom is -0.478 e. The maximum absolute atomic E-state index is 5.94. The standard InChI is InChI=1S/C13H22ClN3O/c1-4-7-18-12-5-6-15-13(17-12)16-11(9-14)8-10(2)3/h5-6,10-11H,4,7-9H2,1-3H3,(H,15,16,17). The Morgan fingerprint density at radius 2 is 2.22 bits per heavy atom. The van der Waals surface area contributed by atoms with Gasteiger partial charge < -0.3 is 10.1 Å². The van der Waals surface area contributed by atoms with Gasteiger partial charge in [0.25, 0.3) is 0 Å². The number of hydrogen-bond donors (Lipinski definition) is 1. The molecule has 1 rings (SSSR count). The first-order chi connectivity index (χ1) is 8.65. The molecule has 1 heterocycles. The van der Waals surface area contributed by atoms with Crippen LogP contribution in [0.15, 0.2) is 12.3 Å². The van der Waals surface area contributed by atoms with Crippen molar-refractivity contribution in [1.82, 2.24) is 9.97 Å². The third-order valence-electron chi connectivity index (χ3n) is 2.36. The quantitative estimate of drug-likeness (QED) is 0.737. The predicted molar refractivity (Wildman–Crippen MR) is 75.4 cm³/mol. The van der Waals surface area contributed by atoms with E-state index in [2.05, 4.69) is 36.1 Å². The minimum absolute atomic E-state index is 0.188. The van der Waals surface area contributed by atoms with Crippen molar-refractivity contribution >= 4 is 17.5 Å². The summed E-state index contributed by atoms with van der Waals surface area (Å²) in [6.45, 7) is 7.07. The van der Waals surface area contributed by atoms with Crippen molar-refractivity contribution < 1.29 is 4.74 Å². The fourth-order valence-corrected chi connectivity index (χ4v) is 1.81. The summed E-state index contributed by atoms with van der Waals surface area (Å²) in [5.74, 6) is 2.31. The number of aromatic nitrogens is 2. The molecule has 1 atom stereocenters. The van der Waals surface area contributed by atoms with Gasteiger partial charge in [-0.15, -0.1) is 11.6 Å². The van der Waals surface area contributed by atoms with Gasteiger partial charge in [0.15, 0.2) is 0 Å². The Balaban J connectivity index is 2.59. The van der Waals surface area contributed by atoms with Gasteiger partial charge in [0.1, 0.15) is 0 Å². The Morgan fingerprint density at radius 3 is 2.83 bits per heavy atom. The van der Waals surface area contributed by atoms with Gasteiger partial charge >= 0.3 is 0 Å². The van der Waals surface area contributed by atoms with Gasteiger partial charge in [-0.2, -0.15) is 4.98 Å². The van der Waals surface area contributed by atoms with Gasteiger partial charge in [-0.3, -0.25) is 0 Å². The van der Waals surface area contributed by atoms with Crippen molar-refractivity contribution in [3.63, 3.8) is 0 Å². The van der Waals surface area contributed by atoms with Crippen molar-refractivity contribution in [3.05, 3.63) is 12.3 Å². The van der Waals surface area contributed by atoms with E-state index in [-0.39, 0.29) is 6.04 Å². The van der Waals surface area contributed by atoms with Gasteiger partial charge in [0, 0.05) is 24.2 Å². The molecule has 102 valence electrons. The SMILES string of the molecule is CCCOc1ccnc(NC(CCl)CC(C)C)n1. The summed E-state index contributed by atoms with van der Waals surface area (Å²) in [6, 6.07) is 1.95. The first kappa shape index (κ1) is 15.0. The lowest BCUT2D eigenvalue weighted by Gasteiger charge is -2.18. The van der Waals surface area contributed by atoms with Crippen LogP contribution in [0, 0.1) is 5.92 Å². The average molecular weight is 272 g/mol. The van der Waals surface area contributed by atoms with E-state index in [9.17, 15) is 0 Å². The number of ether oxygens (including phenoxy) is 1. The molecule has 0 aromatic carbocycles.